The molecule has 1 aliphatic carbocycles. The molecule has 4 N–H and O–H groups in total. The predicted molar refractivity (Wildman–Crippen MR) is 58.3 cm³/mol. The van der Waals surface area contributed by atoms with Crippen molar-refractivity contribution < 1.29 is 9.53 Å². The van der Waals surface area contributed by atoms with Gasteiger partial charge < -0.3 is 16.2 Å². The molecule has 0 aromatic rings. The van der Waals surface area contributed by atoms with Crippen LogP contribution in [0.15, 0.2) is 4.99 Å². The Morgan fingerprint density at radius 1 is 1.33 bits per heavy atom. The van der Waals surface area contributed by atoms with Crippen LogP contribution in [-0.2, 0) is 9.53 Å². The number of rotatable bonds is 3. The van der Waals surface area contributed by atoms with Crippen molar-refractivity contribution in [2.24, 2.45) is 16.5 Å². The van der Waals surface area contributed by atoms with Crippen LogP contribution < -0.4 is 11.5 Å². The second kappa shape index (κ2) is 5.00. The molecule has 15 heavy (non-hydrogen) atoms. The van der Waals surface area contributed by atoms with Gasteiger partial charge in [0.1, 0.15) is 0 Å². The minimum atomic E-state index is -0.812. The predicted octanol–water partition coefficient (Wildman–Crippen LogP) is 0.526. The van der Waals surface area contributed by atoms with Gasteiger partial charge in [0, 0.05) is 0 Å². The zero-order valence-corrected chi connectivity index (χ0v) is 9.16. The lowest BCUT2D eigenvalue weighted by Crippen LogP contribution is -2.43. The molecule has 0 spiro atoms. The third-order valence-electron chi connectivity index (χ3n) is 2.68. The van der Waals surface area contributed by atoms with Crippen LogP contribution in [0.1, 0.15) is 39.0 Å². The summed E-state index contributed by atoms with van der Waals surface area (Å²) in [6.07, 6.45) is 4.43. The number of nitrogens with two attached hydrogens (primary N) is 2. The van der Waals surface area contributed by atoms with Gasteiger partial charge >= 0.3 is 5.97 Å². The van der Waals surface area contributed by atoms with Crippen LogP contribution in [-0.4, -0.2) is 24.1 Å². The van der Waals surface area contributed by atoms with Crippen molar-refractivity contribution in [1.82, 2.24) is 0 Å². The quantitative estimate of drug-likeness (QED) is 0.406. The number of guanidine groups is 1. The lowest BCUT2D eigenvalue weighted by molar-refractivity contribution is -0.150. The summed E-state index contributed by atoms with van der Waals surface area (Å²) in [5.41, 5.74) is 9.91. The molecule has 0 atom stereocenters. The average Bonchev–Trinajstić information content (AvgIpc) is 2.18. The van der Waals surface area contributed by atoms with Gasteiger partial charge in [-0.3, -0.25) is 0 Å². The van der Waals surface area contributed by atoms with Gasteiger partial charge in [0.05, 0.1) is 6.61 Å². The Bertz CT molecular complexity index is 253. The highest BCUT2D eigenvalue weighted by Gasteiger charge is 2.40. The van der Waals surface area contributed by atoms with Gasteiger partial charge in [-0.1, -0.05) is 19.3 Å². The van der Waals surface area contributed by atoms with E-state index in [4.69, 9.17) is 16.2 Å². The number of carbonyl (C=O) groups is 1. The molecule has 0 aromatic carbocycles. The van der Waals surface area contributed by atoms with Crippen molar-refractivity contribution in [1.29, 1.82) is 0 Å². The molecule has 1 saturated carbocycles. The first-order chi connectivity index (χ1) is 7.10. The molecular weight excluding hydrogens is 194 g/mol. The second-order valence-corrected chi connectivity index (χ2v) is 3.85. The van der Waals surface area contributed by atoms with Gasteiger partial charge in [-0.2, -0.15) is 0 Å². The molecule has 0 amide bonds. The highest BCUT2D eigenvalue weighted by molar-refractivity contribution is 5.86. The lowest BCUT2D eigenvalue weighted by Gasteiger charge is -2.31. The molecule has 86 valence electrons. The van der Waals surface area contributed by atoms with Crippen molar-refractivity contribution in [3.05, 3.63) is 0 Å². The van der Waals surface area contributed by atoms with Gasteiger partial charge in [-0.25, -0.2) is 9.79 Å². The fraction of sp³-hybridized carbons (Fsp3) is 0.800. The Morgan fingerprint density at radius 3 is 2.40 bits per heavy atom. The van der Waals surface area contributed by atoms with Crippen LogP contribution in [0, 0.1) is 0 Å². The molecule has 0 saturated heterocycles. The Kier molecular flexibility index (Phi) is 3.94. The zero-order chi connectivity index (χ0) is 11.3. The van der Waals surface area contributed by atoms with Crippen LogP contribution in [0.3, 0.4) is 0 Å². The van der Waals surface area contributed by atoms with E-state index in [0.717, 1.165) is 19.3 Å². The molecule has 0 unspecified atom stereocenters. The van der Waals surface area contributed by atoms with Crippen molar-refractivity contribution >= 4 is 11.9 Å². The summed E-state index contributed by atoms with van der Waals surface area (Å²) in [7, 11) is 0. The number of hydrogen-bond donors (Lipinski definition) is 2. The summed E-state index contributed by atoms with van der Waals surface area (Å²) in [5.74, 6) is -0.331. The molecule has 5 nitrogen and oxygen atoms in total. The summed E-state index contributed by atoms with van der Waals surface area (Å²) in [6, 6.07) is 0. The molecule has 0 aliphatic heterocycles. The normalized spacial score (nSPS) is 19.3. The first kappa shape index (κ1) is 11.8. The van der Waals surface area contributed by atoms with Gasteiger partial charge in [0.15, 0.2) is 11.5 Å². The highest BCUT2D eigenvalue weighted by atomic mass is 16.5. The monoisotopic (exact) mass is 213 g/mol. The smallest absolute Gasteiger partial charge is 0.334 e. The van der Waals surface area contributed by atoms with E-state index in [1.807, 2.05) is 0 Å². The van der Waals surface area contributed by atoms with Gasteiger partial charge in [0.25, 0.3) is 0 Å². The standard InChI is InChI=1S/C10H19N3O2/c1-2-15-8(14)10(13-9(11)12)6-4-3-5-7-10/h2-7H2,1H3,(H4,11,12,13). The van der Waals surface area contributed by atoms with Crippen molar-refractivity contribution in [3.8, 4) is 0 Å². The maximum Gasteiger partial charge on any atom is 0.334 e. The fourth-order valence-electron chi connectivity index (χ4n) is 2.01. The van der Waals surface area contributed by atoms with E-state index in [1.165, 1.54) is 0 Å². The molecule has 0 heterocycles. The van der Waals surface area contributed by atoms with E-state index in [0.29, 0.717) is 19.4 Å². The molecule has 5 heteroatoms. The minimum Gasteiger partial charge on any atom is -0.464 e. The number of esters is 1. The summed E-state index contributed by atoms with van der Waals surface area (Å²) in [5, 5.41) is 0. The van der Waals surface area contributed by atoms with E-state index in [-0.39, 0.29) is 11.9 Å². The summed E-state index contributed by atoms with van der Waals surface area (Å²) in [6.45, 7) is 2.14. The van der Waals surface area contributed by atoms with Gasteiger partial charge in [-0.05, 0) is 19.8 Å². The molecule has 0 bridgehead atoms. The first-order valence-electron chi connectivity index (χ1n) is 5.39. The summed E-state index contributed by atoms with van der Waals surface area (Å²) < 4.78 is 5.03. The third-order valence-corrected chi connectivity index (χ3v) is 2.68. The molecule has 0 radical (unpaired) electrons. The maximum atomic E-state index is 11.8. The summed E-state index contributed by atoms with van der Waals surface area (Å²) in [4.78, 5) is 15.9. The van der Waals surface area contributed by atoms with E-state index < -0.39 is 5.54 Å². The molecule has 0 aromatic heterocycles. The van der Waals surface area contributed by atoms with Crippen molar-refractivity contribution in [2.75, 3.05) is 6.61 Å². The largest absolute Gasteiger partial charge is 0.464 e. The Balaban J connectivity index is 2.84. The topological polar surface area (TPSA) is 90.7 Å². The van der Waals surface area contributed by atoms with Crippen LogP contribution in [0.4, 0.5) is 0 Å². The number of nitrogens with zero attached hydrogens (tertiary/aromatic N) is 1. The molecule has 1 rings (SSSR count). The van der Waals surface area contributed by atoms with Crippen molar-refractivity contribution in [3.63, 3.8) is 0 Å². The SMILES string of the molecule is CCOC(=O)C1(N=C(N)N)CCCCC1. The van der Waals surface area contributed by atoms with E-state index in [2.05, 4.69) is 4.99 Å². The van der Waals surface area contributed by atoms with Crippen LogP contribution in [0.25, 0.3) is 0 Å². The highest BCUT2D eigenvalue weighted by Crippen LogP contribution is 2.32. The fourth-order valence-corrected chi connectivity index (χ4v) is 2.01. The summed E-state index contributed by atoms with van der Waals surface area (Å²) >= 11 is 0. The number of carbonyl (C=O) groups excluding carboxylic acids is 1. The number of hydrogen-bond acceptors (Lipinski definition) is 3. The third kappa shape index (κ3) is 2.84. The maximum absolute atomic E-state index is 11.8. The lowest BCUT2D eigenvalue weighted by atomic mass is 9.82. The van der Waals surface area contributed by atoms with Crippen LogP contribution >= 0.6 is 0 Å². The van der Waals surface area contributed by atoms with Gasteiger partial charge in [0.2, 0.25) is 0 Å². The van der Waals surface area contributed by atoms with E-state index >= 15 is 0 Å². The first-order valence-corrected chi connectivity index (χ1v) is 5.39. The average molecular weight is 213 g/mol. The van der Waals surface area contributed by atoms with Crippen LogP contribution in [0.5, 0.6) is 0 Å². The van der Waals surface area contributed by atoms with E-state index in [1.54, 1.807) is 6.92 Å². The van der Waals surface area contributed by atoms with E-state index in [9.17, 15) is 4.79 Å². The molecular formula is C10H19N3O2. The minimum absolute atomic E-state index is 0.0371. The van der Waals surface area contributed by atoms with Crippen LogP contribution in [0.2, 0.25) is 0 Å². The Morgan fingerprint density at radius 2 is 1.93 bits per heavy atom. The molecule has 1 aliphatic rings. The number of aliphatic imine (C=N–C) groups is 1. The number of ether oxygens (including phenoxy) is 1. The Hall–Kier alpha value is -1.26. The Labute approximate surface area is 89.9 Å². The van der Waals surface area contributed by atoms with Crippen molar-refractivity contribution in [2.45, 2.75) is 44.6 Å². The zero-order valence-electron chi connectivity index (χ0n) is 9.16. The second-order valence-electron chi connectivity index (χ2n) is 3.85. The van der Waals surface area contributed by atoms with Gasteiger partial charge in [-0.15, -0.1) is 0 Å². The molecule has 1 fully saturated rings.